The Morgan fingerprint density at radius 2 is 1.93 bits per heavy atom. The number of carboxylic acid groups (broad SMARTS) is 2. The van der Waals surface area contributed by atoms with E-state index in [0.717, 1.165) is 44.5 Å². The van der Waals surface area contributed by atoms with Crippen molar-refractivity contribution in [2.75, 3.05) is 6.54 Å². The normalized spacial score (nSPS) is 28.8. The molecule has 0 amide bonds. The summed E-state index contributed by atoms with van der Waals surface area (Å²) in [6.45, 7) is 2.25. The van der Waals surface area contributed by atoms with Crippen molar-refractivity contribution in [3.05, 3.63) is 11.9 Å². The number of ether oxygens (including phenoxy) is 1. The van der Waals surface area contributed by atoms with Gasteiger partial charge in [-0.25, -0.2) is 4.79 Å². The van der Waals surface area contributed by atoms with E-state index in [0.29, 0.717) is 24.7 Å². The second-order valence-electron chi connectivity index (χ2n) is 7.92. The van der Waals surface area contributed by atoms with Crippen LogP contribution in [0, 0.1) is 5.92 Å². The monoisotopic (exact) mass is 434 g/mol. The van der Waals surface area contributed by atoms with Gasteiger partial charge >= 0.3 is 18.1 Å². The summed E-state index contributed by atoms with van der Waals surface area (Å²) in [6.07, 6.45) is 4.02. The topological polar surface area (TPSA) is 118 Å². The second kappa shape index (κ2) is 9.29. The van der Waals surface area contributed by atoms with Crippen molar-refractivity contribution in [2.45, 2.75) is 76.0 Å². The number of hydrogen-bond donors (Lipinski definition) is 2. The van der Waals surface area contributed by atoms with Crippen LogP contribution in [0.5, 0.6) is 0 Å². The average molecular weight is 434 g/mol. The summed E-state index contributed by atoms with van der Waals surface area (Å²) in [5, 5.41) is 25.0. The molecule has 3 aliphatic heterocycles. The van der Waals surface area contributed by atoms with Gasteiger partial charge in [0.05, 0.1) is 17.9 Å². The summed E-state index contributed by atoms with van der Waals surface area (Å²) in [6, 6.07) is -0.382. The number of aliphatic carboxylic acids is 2. The van der Waals surface area contributed by atoms with Crippen LogP contribution in [0.25, 0.3) is 0 Å². The number of carboxylic acids is 2. The van der Waals surface area contributed by atoms with Gasteiger partial charge in [0, 0.05) is 25.2 Å². The number of alkyl halides is 3. The van der Waals surface area contributed by atoms with Crippen LogP contribution in [0.2, 0.25) is 0 Å². The standard InChI is InChI=1S/C16H24N4O3.C2HF3O2/c21-16(22)14-3-1-2-6-19(14)9-12-10-20(18-17-12)8-11-7-13-4-5-15(11)23-13;3-2(4,5)1(6)7/h10-11,13-15H,1-9H2,(H,21,22);(H,6,7). The van der Waals surface area contributed by atoms with Crippen LogP contribution in [-0.2, 0) is 27.4 Å². The fourth-order valence-electron chi connectivity index (χ4n) is 4.34. The molecular formula is C18H25F3N4O5. The van der Waals surface area contributed by atoms with Gasteiger partial charge in [-0.3, -0.25) is 14.4 Å². The molecule has 0 aromatic carbocycles. The van der Waals surface area contributed by atoms with Gasteiger partial charge in [0.2, 0.25) is 0 Å². The van der Waals surface area contributed by atoms with E-state index in [1.165, 1.54) is 12.8 Å². The van der Waals surface area contributed by atoms with E-state index in [4.69, 9.17) is 14.6 Å². The van der Waals surface area contributed by atoms with Crippen LogP contribution in [0.4, 0.5) is 13.2 Å². The average Bonchev–Trinajstić information content (AvgIpc) is 3.39. The van der Waals surface area contributed by atoms with Gasteiger partial charge in [0.1, 0.15) is 6.04 Å². The van der Waals surface area contributed by atoms with Gasteiger partial charge in [-0.15, -0.1) is 5.10 Å². The minimum absolute atomic E-state index is 0.382. The Hall–Kier alpha value is -2.21. The number of hydrogen-bond acceptors (Lipinski definition) is 6. The van der Waals surface area contributed by atoms with Gasteiger partial charge in [0.15, 0.2) is 0 Å². The van der Waals surface area contributed by atoms with E-state index in [9.17, 15) is 23.1 Å². The third-order valence-corrected chi connectivity index (χ3v) is 5.75. The number of nitrogens with zero attached hydrogens (tertiary/aromatic N) is 4. The van der Waals surface area contributed by atoms with Crippen LogP contribution >= 0.6 is 0 Å². The van der Waals surface area contributed by atoms with Crippen molar-refractivity contribution in [2.24, 2.45) is 5.92 Å². The molecule has 1 aromatic heterocycles. The molecule has 9 nitrogen and oxygen atoms in total. The van der Waals surface area contributed by atoms with Gasteiger partial charge < -0.3 is 14.9 Å². The van der Waals surface area contributed by atoms with Crippen molar-refractivity contribution in [1.29, 1.82) is 0 Å². The molecule has 4 unspecified atom stereocenters. The molecule has 0 aliphatic carbocycles. The molecule has 4 rings (SSSR count). The highest BCUT2D eigenvalue weighted by Crippen LogP contribution is 2.39. The van der Waals surface area contributed by atoms with Crippen LogP contribution < -0.4 is 0 Å². The Morgan fingerprint density at radius 1 is 1.20 bits per heavy atom. The van der Waals surface area contributed by atoms with E-state index < -0.39 is 18.1 Å². The summed E-state index contributed by atoms with van der Waals surface area (Å²) >= 11 is 0. The molecule has 0 saturated carbocycles. The lowest BCUT2D eigenvalue weighted by Crippen LogP contribution is -2.44. The predicted octanol–water partition coefficient (Wildman–Crippen LogP) is 1.92. The highest BCUT2D eigenvalue weighted by atomic mass is 19.4. The molecular weight excluding hydrogens is 409 g/mol. The number of aromatic nitrogens is 3. The van der Waals surface area contributed by atoms with Crippen molar-refractivity contribution in [3.63, 3.8) is 0 Å². The summed E-state index contributed by atoms with van der Waals surface area (Å²) in [7, 11) is 0. The molecule has 0 spiro atoms. The number of likely N-dealkylation sites (tertiary alicyclic amines) is 1. The highest BCUT2D eigenvalue weighted by molar-refractivity contribution is 5.73. The molecule has 3 fully saturated rings. The lowest BCUT2D eigenvalue weighted by atomic mass is 9.89. The van der Waals surface area contributed by atoms with Crippen molar-refractivity contribution >= 4 is 11.9 Å². The zero-order valence-corrected chi connectivity index (χ0v) is 16.3. The zero-order chi connectivity index (χ0) is 21.9. The maximum atomic E-state index is 11.4. The Kier molecular flexibility index (Phi) is 6.96. The van der Waals surface area contributed by atoms with Crippen LogP contribution in [-0.4, -0.2) is 73.0 Å². The summed E-state index contributed by atoms with van der Waals surface area (Å²) < 4.78 is 39.5. The van der Waals surface area contributed by atoms with Crippen LogP contribution in [0.1, 0.15) is 44.2 Å². The van der Waals surface area contributed by atoms with Gasteiger partial charge in [-0.1, -0.05) is 11.6 Å². The van der Waals surface area contributed by atoms with Crippen molar-refractivity contribution in [3.8, 4) is 0 Å². The number of halogens is 3. The third kappa shape index (κ3) is 5.69. The lowest BCUT2D eigenvalue weighted by molar-refractivity contribution is -0.192. The lowest BCUT2D eigenvalue weighted by Gasteiger charge is -2.31. The Bertz CT molecular complexity index is 756. The fourth-order valence-corrected chi connectivity index (χ4v) is 4.34. The second-order valence-corrected chi connectivity index (χ2v) is 7.92. The molecule has 2 bridgehead atoms. The van der Waals surface area contributed by atoms with Gasteiger partial charge in [-0.05, 0) is 38.6 Å². The molecule has 2 N–H and O–H groups in total. The summed E-state index contributed by atoms with van der Waals surface area (Å²) in [4.78, 5) is 22.3. The molecule has 1 aromatic rings. The molecule has 12 heteroatoms. The summed E-state index contributed by atoms with van der Waals surface area (Å²) in [5.74, 6) is -2.94. The zero-order valence-electron chi connectivity index (χ0n) is 16.3. The fraction of sp³-hybridized carbons (Fsp3) is 0.778. The van der Waals surface area contributed by atoms with E-state index in [-0.39, 0.29) is 6.04 Å². The van der Waals surface area contributed by atoms with E-state index in [1.807, 2.05) is 15.8 Å². The molecule has 0 radical (unpaired) electrons. The minimum atomic E-state index is -5.08. The number of carbonyl (C=O) groups is 2. The van der Waals surface area contributed by atoms with Crippen molar-refractivity contribution < 1.29 is 37.7 Å². The maximum Gasteiger partial charge on any atom is 0.490 e. The molecule has 4 heterocycles. The molecule has 168 valence electrons. The summed E-state index contributed by atoms with van der Waals surface area (Å²) in [5.41, 5.74) is 0.863. The Morgan fingerprint density at radius 3 is 2.50 bits per heavy atom. The first-order chi connectivity index (χ1) is 14.1. The highest BCUT2D eigenvalue weighted by Gasteiger charge is 2.41. The molecule has 3 aliphatic rings. The first-order valence-corrected chi connectivity index (χ1v) is 9.95. The van der Waals surface area contributed by atoms with E-state index in [1.54, 1.807) is 0 Å². The Balaban J connectivity index is 0.000000318. The Labute approximate surface area is 170 Å². The smallest absolute Gasteiger partial charge is 0.480 e. The third-order valence-electron chi connectivity index (χ3n) is 5.75. The number of rotatable bonds is 5. The van der Waals surface area contributed by atoms with E-state index >= 15 is 0 Å². The van der Waals surface area contributed by atoms with Crippen molar-refractivity contribution in [1.82, 2.24) is 19.9 Å². The predicted molar refractivity (Wildman–Crippen MR) is 95.4 cm³/mol. The van der Waals surface area contributed by atoms with Gasteiger partial charge in [-0.2, -0.15) is 13.2 Å². The molecule has 3 saturated heterocycles. The van der Waals surface area contributed by atoms with Gasteiger partial charge in [0.25, 0.3) is 0 Å². The molecule has 4 atom stereocenters. The number of fused-ring (bicyclic) bond motifs is 2. The van der Waals surface area contributed by atoms with E-state index in [2.05, 4.69) is 10.3 Å². The van der Waals surface area contributed by atoms with Crippen LogP contribution in [0.15, 0.2) is 6.20 Å². The minimum Gasteiger partial charge on any atom is -0.480 e. The molecule has 30 heavy (non-hydrogen) atoms. The number of piperidine rings is 1. The first-order valence-electron chi connectivity index (χ1n) is 9.95. The van der Waals surface area contributed by atoms with Crippen LogP contribution in [0.3, 0.4) is 0 Å². The SMILES string of the molecule is O=C(O)C(F)(F)F.O=C(O)C1CCCCN1Cc1cn(CC2CC3CCC2O3)nn1. The largest absolute Gasteiger partial charge is 0.490 e. The quantitative estimate of drug-likeness (QED) is 0.722. The first kappa shape index (κ1) is 22.5. The maximum absolute atomic E-state index is 11.4.